The summed E-state index contributed by atoms with van der Waals surface area (Å²) in [6.45, 7) is 5.37. The minimum Gasteiger partial charge on any atom is -0.309 e. The molecule has 1 fully saturated rings. The predicted octanol–water partition coefficient (Wildman–Crippen LogP) is 2.19. The molecule has 0 aromatic heterocycles. The van der Waals surface area contributed by atoms with Gasteiger partial charge in [-0.1, -0.05) is 19.8 Å². The zero-order valence-corrected chi connectivity index (χ0v) is 7.84. The van der Waals surface area contributed by atoms with E-state index in [4.69, 9.17) is 0 Å². The molecule has 0 aromatic rings. The fraction of sp³-hybridized carbons (Fsp3) is 0.900. The van der Waals surface area contributed by atoms with Crippen molar-refractivity contribution in [1.82, 2.24) is 4.90 Å². The maximum Gasteiger partial charge on any atom is 0.000356 e. The van der Waals surface area contributed by atoms with Gasteiger partial charge >= 0.3 is 0 Å². The Bertz CT molecular complexity index is 101. The Hall–Kier alpha value is -0.0400. The van der Waals surface area contributed by atoms with Crippen LogP contribution in [0.3, 0.4) is 0 Å². The van der Waals surface area contributed by atoms with Crippen LogP contribution in [0.2, 0.25) is 0 Å². The van der Waals surface area contributed by atoms with Gasteiger partial charge < -0.3 is 4.90 Å². The fourth-order valence-electron chi connectivity index (χ4n) is 1.93. The summed E-state index contributed by atoms with van der Waals surface area (Å²) in [5, 5.41) is 0. The van der Waals surface area contributed by atoms with Crippen molar-refractivity contribution in [2.75, 3.05) is 20.6 Å². The number of nitrogens with zero attached hydrogens (tertiary/aromatic N) is 1. The first-order chi connectivity index (χ1) is 5.18. The van der Waals surface area contributed by atoms with Gasteiger partial charge in [0.2, 0.25) is 0 Å². The first-order valence-corrected chi connectivity index (χ1v) is 4.66. The van der Waals surface area contributed by atoms with E-state index in [0.717, 1.165) is 11.8 Å². The van der Waals surface area contributed by atoms with E-state index in [9.17, 15) is 0 Å². The monoisotopic (exact) mass is 154 g/mol. The van der Waals surface area contributed by atoms with Gasteiger partial charge in [-0.3, -0.25) is 0 Å². The van der Waals surface area contributed by atoms with Crippen LogP contribution in [-0.4, -0.2) is 25.5 Å². The molecule has 0 atom stereocenters. The molecule has 1 aliphatic rings. The molecule has 0 aromatic carbocycles. The molecule has 0 spiro atoms. The van der Waals surface area contributed by atoms with Gasteiger partial charge in [0.1, 0.15) is 0 Å². The van der Waals surface area contributed by atoms with E-state index in [1.54, 1.807) is 0 Å². The second-order valence-corrected chi connectivity index (χ2v) is 4.15. The molecule has 0 aliphatic heterocycles. The molecule has 0 unspecified atom stereocenters. The van der Waals surface area contributed by atoms with Crippen LogP contribution < -0.4 is 0 Å². The van der Waals surface area contributed by atoms with Crippen LogP contribution >= 0.6 is 0 Å². The van der Waals surface area contributed by atoms with Gasteiger partial charge in [-0.25, -0.2) is 0 Å². The summed E-state index contributed by atoms with van der Waals surface area (Å²) < 4.78 is 0. The molecule has 1 saturated carbocycles. The molecular formula is C10H20N. The van der Waals surface area contributed by atoms with Gasteiger partial charge in [-0.2, -0.15) is 0 Å². The summed E-state index contributed by atoms with van der Waals surface area (Å²) in [7, 11) is 4.33. The van der Waals surface area contributed by atoms with Crippen molar-refractivity contribution in [3.05, 3.63) is 6.92 Å². The number of rotatable bonds is 2. The predicted molar refractivity (Wildman–Crippen MR) is 49.4 cm³/mol. The molecule has 65 valence electrons. The van der Waals surface area contributed by atoms with Crippen molar-refractivity contribution >= 4 is 0 Å². The summed E-state index contributed by atoms with van der Waals surface area (Å²) in [5.41, 5.74) is 0. The molecule has 1 nitrogen and oxygen atoms in total. The summed E-state index contributed by atoms with van der Waals surface area (Å²) in [6, 6.07) is 0. The second-order valence-electron chi connectivity index (χ2n) is 4.15. The average Bonchev–Trinajstić information content (AvgIpc) is 1.93. The van der Waals surface area contributed by atoms with Crippen molar-refractivity contribution in [3.63, 3.8) is 0 Å². The summed E-state index contributed by atoms with van der Waals surface area (Å²) in [6.07, 6.45) is 5.48. The zero-order chi connectivity index (χ0) is 8.27. The van der Waals surface area contributed by atoms with Crippen molar-refractivity contribution in [2.45, 2.75) is 25.7 Å². The molecule has 11 heavy (non-hydrogen) atoms. The van der Waals surface area contributed by atoms with Crippen LogP contribution in [0.4, 0.5) is 0 Å². The van der Waals surface area contributed by atoms with Crippen molar-refractivity contribution < 1.29 is 0 Å². The van der Waals surface area contributed by atoms with E-state index >= 15 is 0 Å². The van der Waals surface area contributed by atoms with Crippen LogP contribution in [0.15, 0.2) is 0 Å². The fourth-order valence-corrected chi connectivity index (χ4v) is 1.93. The Labute approximate surface area is 70.8 Å². The van der Waals surface area contributed by atoms with Gasteiger partial charge in [0.25, 0.3) is 0 Å². The molecule has 0 bridgehead atoms. The maximum atomic E-state index is 4.10. The highest BCUT2D eigenvalue weighted by Gasteiger charge is 2.18. The summed E-state index contributed by atoms with van der Waals surface area (Å²) >= 11 is 0. The molecule has 0 N–H and O–H groups in total. The van der Waals surface area contributed by atoms with Gasteiger partial charge in [0.05, 0.1) is 0 Å². The summed E-state index contributed by atoms with van der Waals surface area (Å²) in [4.78, 5) is 2.30. The Morgan fingerprint density at radius 2 is 1.73 bits per heavy atom. The van der Waals surface area contributed by atoms with Gasteiger partial charge in [-0.15, -0.1) is 0 Å². The van der Waals surface area contributed by atoms with Gasteiger partial charge in [0.15, 0.2) is 0 Å². The highest BCUT2D eigenvalue weighted by Crippen LogP contribution is 2.27. The zero-order valence-electron chi connectivity index (χ0n) is 7.84. The van der Waals surface area contributed by atoms with Crippen molar-refractivity contribution in [3.8, 4) is 0 Å². The highest BCUT2D eigenvalue weighted by molar-refractivity contribution is 4.74. The Morgan fingerprint density at radius 3 is 2.18 bits per heavy atom. The van der Waals surface area contributed by atoms with E-state index in [2.05, 4.69) is 25.9 Å². The minimum absolute atomic E-state index is 0.744. The van der Waals surface area contributed by atoms with E-state index in [-0.39, 0.29) is 0 Å². The van der Waals surface area contributed by atoms with Crippen LogP contribution in [0, 0.1) is 18.8 Å². The molecule has 0 amide bonds. The normalized spacial score (nSPS) is 32.7. The van der Waals surface area contributed by atoms with Crippen LogP contribution in [-0.2, 0) is 0 Å². The standard InChI is InChI=1S/C10H20N/c1-9-4-6-10(7-5-9)8-11(2)3/h9-10H,1,4-8H2,2-3H3. The van der Waals surface area contributed by atoms with E-state index < -0.39 is 0 Å². The molecule has 0 saturated heterocycles. The minimum atomic E-state index is 0.744. The number of hydrogen-bond acceptors (Lipinski definition) is 1. The lowest BCUT2D eigenvalue weighted by atomic mass is 9.83. The Balaban J connectivity index is 2.17. The van der Waals surface area contributed by atoms with E-state index in [1.807, 2.05) is 0 Å². The largest absolute Gasteiger partial charge is 0.309 e. The number of hydrogen-bond donors (Lipinski definition) is 0. The molecule has 1 rings (SSSR count). The third-order valence-corrected chi connectivity index (χ3v) is 2.59. The first kappa shape index (κ1) is 9.05. The van der Waals surface area contributed by atoms with Crippen molar-refractivity contribution in [1.29, 1.82) is 0 Å². The van der Waals surface area contributed by atoms with Gasteiger partial charge in [-0.05, 0) is 38.8 Å². The molecule has 1 heteroatoms. The Morgan fingerprint density at radius 1 is 1.18 bits per heavy atom. The lowest BCUT2D eigenvalue weighted by Crippen LogP contribution is -2.25. The van der Waals surface area contributed by atoms with Gasteiger partial charge in [0, 0.05) is 6.54 Å². The quantitative estimate of drug-likeness (QED) is 0.589. The third-order valence-electron chi connectivity index (χ3n) is 2.59. The van der Waals surface area contributed by atoms with Crippen molar-refractivity contribution in [2.24, 2.45) is 11.8 Å². The SMILES string of the molecule is [CH2]C1CCC(CN(C)C)CC1. The molecule has 0 heterocycles. The third kappa shape index (κ3) is 3.24. The second kappa shape index (κ2) is 4.10. The first-order valence-electron chi connectivity index (χ1n) is 4.66. The molecular weight excluding hydrogens is 134 g/mol. The van der Waals surface area contributed by atoms with E-state index in [1.165, 1.54) is 32.2 Å². The Kier molecular flexibility index (Phi) is 3.38. The molecule has 1 aliphatic carbocycles. The highest BCUT2D eigenvalue weighted by atomic mass is 15.1. The smallest absolute Gasteiger partial charge is 0.000356 e. The molecule has 1 radical (unpaired) electrons. The van der Waals surface area contributed by atoms with Crippen LogP contribution in [0.25, 0.3) is 0 Å². The van der Waals surface area contributed by atoms with Crippen LogP contribution in [0.5, 0.6) is 0 Å². The van der Waals surface area contributed by atoms with E-state index in [0.29, 0.717) is 0 Å². The summed E-state index contributed by atoms with van der Waals surface area (Å²) in [5.74, 6) is 1.69. The average molecular weight is 154 g/mol. The maximum absolute atomic E-state index is 4.10. The topological polar surface area (TPSA) is 3.24 Å². The van der Waals surface area contributed by atoms with Crippen LogP contribution in [0.1, 0.15) is 25.7 Å². The lowest BCUT2D eigenvalue weighted by molar-refractivity contribution is 0.241. The lowest BCUT2D eigenvalue weighted by Gasteiger charge is -2.28.